The van der Waals surface area contributed by atoms with Gasteiger partial charge in [0, 0.05) is 17.0 Å². The van der Waals surface area contributed by atoms with E-state index in [0.717, 1.165) is 30.2 Å². The topological polar surface area (TPSA) is 130 Å². The van der Waals surface area contributed by atoms with Crippen LogP contribution in [-0.2, 0) is 17.6 Å². The fourth-order valence-corrected chi connectivity index (χ4v) is 4.03. The molecular formula is C19H21ClO8. The fourth-order valence-electron chi connectivity index (χ4n) is 3.82. The monoisotopic (exact) mass is 412 g/mol. The van der Waals surface area contributed by atoms with Crippen LogP contribution >= 0.6 is 11.6 Å². The summed E-state index contributed by atoms with van der Waals surface area (Å²) < 4.78 is 16.4. The number of aliphatic hydroxyl groups is 4. The molecule has 0 radical (unpaired) electrons. The van der Waals surface area contributed by atoms with E-state index in [2.05, 4.69) is 0 Å². The summed E-state index contributed by atoms with van der Waals surface area (Å²) in [6.45, 7) is -0.572. The van der Waals surface area contributed by atoms with Crippen LogP contribution in [0, 0.1) is 0 Å². The highest BCUT2D eigenvalue weighted by Gasteiger charge is 2.44. The van der Waals surface area contributed by atoms with Gasteiger partial charge in [0.2, 0.25) is 6.29 Å². The first-order valence-corrected chi connectivity index (χ1v) is 9.53. The van der Waals surface area contributed by atoms with Crippen LogP contribution in [0.4, 0.5) is 0 Å². The summed E-state index contributed by atoms with van der Waals surface area (Å²) in [5.41, 5.74) is 1.52. The molecule has 152 valence electrons. The maximum atomic E-state index is 12.3. The lowest BCUT2D eigenvalue weighted by Crippen LogP contribution is -2.60. The molecule has 4 N–H and O–H groups in total. The van der Waals surface area contributed by atoms with Gasteiger partial charge in [-0.2, -0.15) is 0 Å². The molecular weight excluding hydrogens is 392 g/mol. The number of benzene rings is 1. The molecule has 0 amide bonds. The van der Waals surface area contributed by atoms with Crippen LogP contribution in [0.2, 0.25) is 5.02 Å². The van der Waals surface area contributed by atoms with Crippen molar-refractivity contribution in [2.75, 3.05) is 6.61 Å². The Morgan fingerprint density at radius 3 is 2.50 bits per heavy atom. The van der Waals surface area contributed by atoms with E-state index in [9.17, 15) is 25.2 Å². The van der Waals surface area contributed by atoms with Crippen molar-refractivity contribution in [3.05, 3.63) is 38.7 Å². The summed E-state index contributed by atoms with van der Waals surface area (Å²) in [5, 5.41) is 40.1. The van der Waals surface area contributed by atoms with Crippen LogP contribution in [0.3, 0.4) is 0 Å². The number of hydrogen-bond acceptors (Lipinski definition) is 8. The summed E-state index contributed by atoms with van der Waals surface area (Å²) in [5.74, 6) is 0.0809. The molecule has 1 saturated heterocycles. The Hall–Kier alpha value is -1.68. The normalized spacial score (nSPS) is 30.2. The predicted octanol–water partition coefficient (Wildman–Crippen LogP) is 0.504. The van der Waals surface area contributed by atoms with E-state index in [-0.39, 0.29) is 16.4 Å². The van der Waals surface area contributed by atoms with Gasteiger partial charge in [0.1, 0.15) is 35.7 Å². The SMILES string of the molecule is O=c1oc2cc(O[C@@H]3O[C@@H](CO)[C@@H](O)[C@@H](O)[C@@H]3O)c(Cl)cc2c2c1CCCC2. The third-order valence-electron chi connectivity index (χ3n) is 5.37. The summed E-state index contributed by atoms with van der Waals surface area (Å²) in [6.07, 6.45) is -3.75. The van der Waals surface area contributed by atoms with Crippen molar-refractivity contribution in [2.45, 2.75) is 56.4 Å². The first-order valence-electron chi connectivity index (χ1n) is 9.16. The van der Waals surface area contributed by atoms with E-state index < -0.39 is 37.3 Å². The Labute approximate surface area is 164 Å². The summed E-state index contributed by atoms with van der Waals surface area (Å²) in [4.78, 5) is 12.3. The molecule has 0 unspecified atom stereocenters. The van der Waals surface area contributed by atoms with Gasteiger partial charge in [0.25, 0.3) is 0 Å². The van der Waals surface area contributed by atoms with Crippen molar-refractivity contribution in [1.82, 2.24) is 0 Å². The summed E-state index contributed by atoms with van der Waals surface area (Å²) >= 11 is 6.34. The maximum Gasteiger partial charge on any atom is 0.339 e. The molecule has 28 heavy (non-hydrogen) atoms. The number of fused-ring (bicyclic) bond motifs is 3. The molecule has 8 nitrogen and oxygen atoms in total. The smallest absolute Gasteiger partial charge is 0.339 e. The van der Waals surface area contributed by atoms with E-state index in [1.807, 2.05) is 0 Å². The molecule has 1 aliphatic heterocycles. The Morgan fingerprint density at radius 1 is 1.07 bits per heavy atom. The zero-order valence-electron chi connectivity index (χ0n) is 14.9. The van der Waals surface area contributed by atoms with E-state index in [4.69, 9.17) is 25.5 Å². The zero-order valence-corrected chi connectivity index (χ0v) is 15.6. The third kappa shape index (κ3) is 3.30. The number of aliphatic hydroxyl groups excluding tert-OH is 4. The lowest BCUT2D eigenvalue weighted by atomic mass is 9.90. The van der Waals surface area contributed by atoms with Crippen molar-refractivity contribution < 1.29 is 34.3 Å². The Balaban J connectivity index is 1.70. The highest BCUT2D eigenvalue weighted by atomic mass is 35.5. The van der Waals surface area contributed by atoms with Gasteiger partial charge < -0.3 is 34.3 Å². The standard InChI is InChI=1S/C19H21ClO8/c20-11-5-10-8-3-1-2-4-9(8)18(25)26-12(10)6-13(11)27-19-17(24)16(23)15(22)14(7-21)28-19/h5-6,14-17,19,21-24H,1-4,7H2/t14-,15+,16+,17-,19+/m0/s1. The van der Waals surface area contributed by atoms with Crippen LogP contribution in [-0.4, -0.2) is 57.7 Å². The van der Waals surface area contributed by atoms with Crippen molar-refractivity contribution >= 4 is 22.6 Å². The second-order valence-electron chi connectivity index (χ2n) is 7.15. The minimum Gasteiger partial charge on any atom is -0.460 e. The number of ether oxygens (including phenoxy) is 2. The van der Waals surface area contributed by atoms with Crippen molar-refractivity contribution in [1.29, 1.82) is 0 Å². The van der Waals surface area contributed by atoms with Gasteiger partial charge in [-0.3, -0.25) is 0 Å². The van der Waals surface area contributed by atoms with E-state index in [0.29, 0.717) is 17.6 Å². The van der Waals surface area contributed by atoms with Gasteiger partial charge in [-0.15, -0.1) is 0 Å². The van der Waals surface area contributed by atoms with Crippen molar-refractivity contribution in [3.63, 3.8) is 0 Å². The van der Waals surface area contributed by atoms with Gasteiger partial charge in [-0.05, 0) is 37.3 Å². The minimum atomic E-state index is -1.57. The van der Waals surface area contributed by atoms with Crippen LogP contribution in [0.25, 0.3) is 11.0 Å². The Kier molecular flexibility index (Phi) is 5.34. The van der Waals surface area contributed by atoms with E-state index in [1.54, 1.807) is 6.07 Å². The van der Waals surface area contributed by atoms with Crippen LogP contribution in [0.15, 0.2) is 21.3 Å². The summed E-state index contributed by atoms with van der Waals surface area (Å²) in [6, 6.07) is 3.08. The molecule has 0 saturated carbocycles. The van der Waals surface area contributed by atoms with Gasteiger partial charge in [0.05, 0.1) is 11.6 Å². The summed E-state index contributed by atoms with van der Waals surface area (Å²) in [7, 11) is 0. The molecule has 0 spiro atoms. The zero-order chi connectivity index (χ0) is 20.0. The third-order valence-corrected chi connectivity index (χ3v) is 5.66. The molecule has 0 bridgehead atoms. The first kappa shape index (κ1) is 19.6. The van der Waals surface area contributed by atoms with Gasteiger partial charge in [-0.1, -0.05) is 11.6 Å². The van der Waals surface area contributed by atoms with E-state index in [1.165, 1.54) is 6.07 Å². The van der Waals surface area contributed by atoms with Crippen LogP contribution < -0.4 is 10.4 Å². The number of rotatable bonds is 3. The van der Waals surface area contributed by atoms with Gasteiger partial charge in [-0.25, -0.2) is 4.79 Å². The highest BCUT2D eigenvalue weighted by molar-refractivity contribution is 6.32. The molecule has 1 fully saturated rings. The number of hydrogen-bond donors (Lipinski definition) is 4. The van der Waals surface area contributed by atoms with Crippen LogP contribution in [0.5, 0.6) is 5.75 Å². The van der Waals surface area contributed by atoms with Gasteiger partial charge in [0.15, 0.2) is 0 Å². The molecule has 2 heterocycles. The molecule has 9 heteroatoms. The largest absolute Gasteiger partial charge is 0.460 e. The van der Waals surface area contributed by atoms with Crippen LogP contribution in [0.1, 0.15) is 24.0 Å². The number of aryl methyl sites for hydroxylation is 1. The lowest BCUT2D eigenvalue weighted by molar-refractivity contribution is -0.277. The Morgan fingerprint density at radius 2 is 1.79 bits per heavy atom. The number of halogens is 1. The molecule has 4 rings (SSSR count). The Bertz CT molecular complexity index is 940. The quantitative estimate of drug-likeness (QED) is 0.536. The second kappa shape index (κ2) is 7.62. The van der Waals surface area contributed by atoms with Crippen molar-refractivity contribution in [3.8, 4) is 5.75 Å². The van der Waals surface area contributed by atoms with Crippen molar-refractivity contribution in [2.24, 2.45) is 0 Å². The molecule has 2 aliphatic rings. The molecule has 1 aromatic carbocycles. The highest BCUT2D eigenvalue weighted by Crippen LogP contribution is 2.36. The average molecular weight is 413 g/mol. The fraction of sp³-hybridized carbons (Fsp3) is 0.526. The first-order chi connectivity index (χ1) is 13.4. The minimum absolute atomic E-state index is 0.0809. The average Bonchev–Trinajstić information content (AvgIpc) is 2.70. The predicted molar refractivity (Wildman–Crippen MR) is 98.5 cm³/mol. The lowest BCUT2D eigenvalue weighted by Gasteiger charge is -2.39. The molecule has 2 aromatic rings. The maximum absolute atomic E-state index is 12.3. The molecule has 1 aromatic heterocycles. The molecule has 5 atom stereocenters. The molecule has 1 aliphatic carbocycles. The second-order valence-corrected chi connectivity index (χ2v) is 7.55. The van der Waals surface area contributed by atoms with Gasteiger partial charge >= 0.3 is 5.63 Å². The van der Waals surface area contributed by atoms with E-state index >= 15 is 0 Å².